The maximum atomic E-state index is 13.2. The van der Waals surface area contributed by atoms with Crippen LogP contribution in [0.4, 0.5) is 50.8 Å². The number of carbonyl (C=O) groups excluding carboxylic acids is 5. The van der Waals surface area contributed by atoms with E-state index in [-0.39, 0.29) is 51.2 Å². The Morgan fingerprint density at radius 2 is 0.944 bits per heavy atom. The van der Waals surface area contributed by atoms with Crippen LogP contribution in [0, 0.1) is 11.8 Å². The molecule has 2 atom stereocenters. The first-order valence-corrected chi connectivity index (χ1v) is 31.1. The molecule has 2 aliphatic carbocycles. The zero-order valence-corrected chi connectivity index (χ0v) is 49.6. The number of piperazine rings is 2. The Balaban J connectivity index is 0.000000198. The van der Waals surface area contributed by atoms with E-state index in [2.05, 4.69) is 75.6 Å². The molecule has 5 amide bonds. The molecule has 6 aliphatic rings. The molecule has 6 fully saturated rings. The minimum Gasteiger partial charge on any atom is -0.445 e. The number of carbonyl (C=O) groups is 5. The predicted molar refractivity (Wildman–Crippen MR) is 355 cm³/mol. The average Bonchev–Trinajstić information content (AvgIpc) is 2.90. The number of nitrogens with zero attached hydrogens (tertiary/aromatic N) is 9. The number of anilines is 8. The Morgan fingerprint density at radius 3 is 1.39 bits per heavy atom. The summed E-state index contributed by atoms with van der Waals surface area (Å²) in [6.45, 7) is 8.06. The molecule has 90 heavy (non-hydrogen) atoms. The quantitative estimate of drug-likeness (QED) is 0.0607. The van der Waals surface area contributed by atoms with E-state index >= 15 is 0 Å². The molecule has 0 radical (unpaired) electrons. The molecule has 20 nitrogen and oxygen atoms in total. The van der Waals surface area contributed by atoms with Crippen molar-refractivity contribution in [2.24, 2.45) is 11.8 Å². The maximum absolute atomic E-state index is 13.2. The first kappa shape index (κ1) is 63.6. The average molecular weight is 1220 g/mol. The highest BCUT2D eigenvalue weighted by Crippen LogP contribution is 2.32. The van der Waals surface area contributed by atoms with Crippen molar-refractivity contribution in [2.75, 3.05) is 96.5 Å². The fourth-order valence-corrected chi connectivity index (χ4v) is 12.0. The van der Waals surface area contributed by atoms with Crippen molar-refractivity contribution in [3.8, 4) is 22.5 Å². The summed E-state index contributed by atoms with van der Waals surface area (Å²) in [4.78, 5) is 91.8. The van der Waals surface area contributed by atoms with Gasteiger partial charge in [0.05, 0.1) is 17.4 Å². The van der Waals surface area contributed by atoms with Gasteiger partial charge in [-0.05, 0) is 148 Å². The Morgan fingerprint density at radius 1 is 0.478 bits per heavy atom. The number of nitrogens with one attached hydrogen (secondary N) is 5. The molecule has 4 aliphatic heterocycles. The minimum absolute atomic E-state index is 0. The van der Waals surface area contributed by atoms with Crippen LogP contribution in [0.2, 0.25) is 0 Å². The van der Waals surface area contributed by atoms with E-state index in [1.807, 2.05) is 125 Å². The van der Waals surface area contributed by atoms with Crippen LogP contribution in [0.1, 0.15) is 84.6 Å². The fourth-order valence-electron chi connectivity index (χ4n) is 12.0. The summed E-state index contributed by atoms with van der Waals surface area (Å²) < 4.78 is 5.48. The van der Waals surface area contributed by atoms with E-state index in [9.17, 15) is 24.0 Å². The van der Waals surface area contributed by atoms with Gasteiger partial charge in [0, 0.05) is 128 Å². The van der Waals surface area contributed by atoms with Crippen LogP contribution in [0.3, 0.4) is 0 Å². The molecule has 0 bridgehead atoms. The largest absolute Gasteiger partial charge is 0.445 e. The lowest BCUT2D eigenvalue weighted by Crippen LogP contribution is -2.51. The highest BCUT2D eigenvalue weighted by atomic mass is 16.6. The SMILES string of the molecule is C.C.O=C(Nc1ccc(-c2ccnc(Nc3ccc(N4CCN(C(=O)C5CCC5)CC4)cc3)n2)cc1)[C@H]1CCCN1.O=C(Nc1ccc(-c2ccnc(Nc3ccc(N4CCN(C(=O)C5CCC5)CC4)cc3)n2)cc1)[C@H]1CCCN1C(=O)OCc1ccccc1. The Kier molecular flexibility index (Phi) is 21.3. The van der Waals surface area contributed by atoms with Gasteiger partial charge in [-0.1, -0.05) is 82.3 Å². The van der Waals surface area contributed by atoms with E-state index in [1.165, 1.54) is 17.7 Å². The second kappa shape index (κ2) is 30.2. The van der Waals surface area contributed by atoms with E-state index in [1.54, 1.807) is 12.4 Å². The fraction of sp³-hybridized carbons (Fsp3) is 0.386. The van der Waals surface area contributed by atoms with Crippen LogP contribution >= 0.6 is 0 Å². The lowest BCUT2D eigenvalue weighted by Gasteiger charge is -2.39. The number of amides is 5. The first-order chi connectivity index (χ1) is 43.1. The lowest BCUT2D eigenvalue weighted by atomic mass is 9.84. The van der Waals surface area contributed by atoms with Crippen molar-refractivity contribution in [3.05, 3.63) is 157 Å². The van der Waals surface area contributed by atoms with Crippen LogP contribution < -0.4 is 36.4 Å². The van der Waals surface area contributed by atoms with Gasteiger partial charge in [-0.25, -0.2) is 24.7 Å². The maximum Gasteiger partial charge on any atom is 0.410 e. The standard InChI is InChI=1S/C38H41N7O4.C30H35N7O2.2CH4/c46-35(34-10-5-21-45(34)38(48)49-26-27-6-2-1-3-7-27)40-30-13-11-28(12-14-30)33-19-20-39-37(42-33)41-31-15-17-32(18-16-31)43-22-24-44(25-23-43)36(47)29-8-4-9-29;38-28(27-5-2-15-31-27)33-23-8-6-21(7-9-23)26-14-16-32-30(35-26)34-24-10-12-25(13-11-24)36-17-19-37(20-18-36)29(39)22-3-1-4-22;;/h1-3,6-7,11-20,29,34H,4-5,8-10,21-26H2,(H,40,46)(H,39,41,42);6-14,16,22,27,31H,1-5,15,17-20H2,(H,33,38)(H,32,34,35);2*1H4/t34-;27-;;/m11../s1. The number of hydrogen-bond acceptors (Lipinski definition) is 15. The third-order valence-electron chi connectivity index (χ3n) is 17.6. The second-order valence-electron chi connectivity index (χ2n) is 23.4. The Bertz CT molecular complexity index is 3510. The molecular weight excluding hydrogens is 1130 g/mol. The van der Waals surface area contributed by atoms with Gasteiger partial charge in [0.2, 0.25) is 35.5 Å². The molecule has 4 saturated heterocycles. The molecule has 6 heterocycles. The van der Waals surface area contributed by atoms with Gasteiger partial charge in [0.1, 0.15) is 12.6 Å². The topological polar surface area (TPSA) is 222 Å². The number of ether oxygens (including phenoxy) is 1. The first-order valence-electron chi connectivity index (χ1n) is 31.1. The number of rotatable bonds is 16. The van der Waals surface area contributed by atoms with Crippen molar-refractivity contribution in [2.45, 2.75) is 97.8 Å². The van der Waals surface area contributed by atoms with Crippen molar-refractivity contribution in [3.63, 3.8) is 0 Å². The molecule has 470 valence electrons. The molecule has 2 aromatic heterocycles. The van der Waals surface area contributed by atoms with Crippen LogP contribution in [0.15, 0.2) is 152 Å². The van der Waals surface area contributed by atoms with Crippen molar-refractivity contribution < 1.29 is 28.7 Å². The monoisotopic (exact) mass is 1220 g/mol. The molecule has 0 spiro atoms. The highest BCUT2D eigenvalue weighted by Gasteiger charge is 2.36. The number of aromatic nitrogens is 4. The summed E-state index contributed by atoms with van der Waals surface area (Å²) in [7, 11) is 0. The Labute approximate surface area is 528 Å². The zero-order valence-electron chi connectivity index (χ0n) is 49.6. The molecule has 20 heteroatoms. The molecule has 7 aromatic rings. The van der Waals surface area contributed by atoms with Gasteiger partial charge in [0.15, 0.2) is 0 Å². The van der Waals surface area contributed by atoms with E-state index in [0.29, 0.717) is 42.4 Å². The summed E-state index contributed by atoms with van der Waals surface area (Å²) in [6.07, 6.45) is 12.8. The van der Waals surface area contributed by atoms with Gasteiger partial charge in [-0.2, -0.15) is 0 Å². The van der Waals surface area contributed by atoms with Crippen LogP contribution in [0.25, 0.3) is 22.5 Å². The summed E-state index contributed by atoms with van der Waals surface area (Å²) in [5.74, 6) is 1.99. The molecule has 0 unspecified atom stereocenters. The molecular formula is C70H84N14O6. The third-order valence-corrected chi connectivity index (χ3v) is 17.6. The highest BCUT2D eigenvalue weighted by molar-refractivity contribution is 5.97. The minimum atomic E-state index is -0.579. The lowest BCUT2D eigenvalue weighted by molar-refractivity contribution is -0.139. The van der Waals surface area contributed by atoms with E-state index in [0.717, 1.165) is 160 Å². The van der Waals surface area contributed by atoms with Crippen molar-refractivity contribution in [1.82, 2.24) is 40.0 Å². The van der Waals surface area contributed by atoms with E-state index in [4.69, 9.17) is 9.72 Å². The Hall–Kier alpha value is -9.43. The van der Waals surface area contributed by atoms with Crippen molar-refractivity contribution >= 4 is 75.7 Å². The van der Waals surface area contributed by atoms with Crippen LogP contribution in [0.5, 0.6) is 0 Å². The smallest absolute Gasteiger partial charge is 0.410 e. The third kappa shape index (κ3) is 15.9. The second-order valence-corrected chi connectivity index (χ2v) is 23.4. The van der Waals surface area contributed by atoms with E-state index < -0.39 is 12.1 Å². The number of hydrogen-bond donors (Lipinski definition) is 5. The van der Waals surface area contributed by atoms with Crippen LogP contribution in [-0.4, -0.2) is 142 Å². The number of likely N-dealkylation sites (tertiary alicyclic amines) is 1. The van der Waals surface area contributed by atoms with Gasteiger partial charge in [-0.15, -0.1) is 0 Å². The zero-order chi connectivity index (χ0) is 60.2. The van der Waals surface area contributed by atoms with Gasteiger partial charge in [0.25, 0.3) is 0 Å². The molecule has 13 rings (SSSR count). The van der Waals surface area contributed by atoms with Crippen molar-refractivity contribution in [1.29, 1.82) is 0 Å². The van der Waals surface area contributed by atoms with Gasteiger partial charge >= 0.3 is 6.09 Å². The van der Waals surface area contributed by atoms with Gasteiger partial charge in [-0.3, -0.25) is 24.1 Å². The van der Waals surface area contributed by atoms with Gasteiger partial charge < -0.3 is 50.9 Å². The summed E-state index contributed by atoms with van der Waals surface area (Å²) in [5.41, 5.74) is 9.75. The number of benzene rings is 5. The molecule has 5 aromatic carbocycles. The summed E-state index contributed by atoms with van der Waals surface area (Å²) in [5, 5.41) is 15.8. The summed E-state index contributed by atoms with van der Waals surface area (Å²) >= 11 is 0. The molecule has 5 N–H and O–H groups in total. The summed E-state index contributed by atoms with van der Waals surface area (Å²) in [6, 6.07) is 44.2. The molecule has 2 saturated carbocycles. The predicted octanol–water partition coefficient (Wildman–Crippen LogP) is 11.4. The van der Waals surface area contributed by atoms with Crippen LogP contribution in [-0.2, 0) is 30.5 Å². The normalized spacial score (nSPS) is 18.1.